The van der Waals surface area contributed by atoms with Crippen LogP contribution in [0.5, 0.6) is 0 Å². The molecule has 0 atom stereocenters. The van der Waals surface area contributed by atoms with Crippen molar-refractivity contribution in [3.63, 3.8) is 0 Å². The molecule has 2 heterocycles. The van der Waals surface area contributed by atoms with Gasteiger partial charge in [0, 0.05) is 38.4 Å². The Morgan fingerprint density at radius 2 is 0.796 bits per heavy atom. The molecular weight excluding hydrogens is 653 g/mol. The summed E-state index contributed by atoms with van der Waals surface area (Å²) in [5, 5.41) is 7.52. The van der Waals surface area contributed by atoms with Crippen molar-refractivity contribution in [3.8, 4) is 44.8 Å². The Hall–Kier alpha value is -7.16. The van der Waals surface area contributed by atoms with E-state index in [0.717, 1.165) is 11.4 Å². The highest BCUT2D eigenvalue weighted by atomic mass is 15.0. The van der Waals surface area contributed by atoms with Gasteiger partial charge in [0.15, 0.2) is 0 Å². The van der Waals surface area contributed by atoms with Crippen LogP contribution in [0.25, 0.3) is 99.1 Å². The molecule has 0 aliphatic heterocycles. The van der Waals surface area contributed by atoms with E-state index in [1.165, 1.54) is 87.8 Å². The lowest BCUT2D eigenvalue weighted by molar-refractivity contribution is 1.18. The van der Waals surface area contributed by atoms with E-state index >= 15 is 0 Å². The first kappa shape index (κ1) is 30.5. The highest BCUT2D eigenvalue weighted by Crippen LogP contribution is 2.44. The van der Waals surface area contributed by atoms with Crippen LogP contribution in [0.1, 0.15) is 0 Å². The molecule has 2 nitrogen and oxygen atoms in total. The summed E-state index contributed by atoms with van der Waals surface area (Å²) in [5.74, 6) is 0. The molecule has 54 heavy (non-hydrogen) atoms. The fraction of sp³-hybridized carbons (Fsp3) is 0. The van der Waals surface area contributed by atoms with Crippen LogP contribution in [-0.2, 0) is 0 Å². The molecule has 11 rings (SSSR count). The topological polar surface area (TPSA) is 9.86 Å². The van der Waals surface area contributed by atoms with Gasteiger partial charge in [-0.1, -0.05) is 164 Å². The van der Waals surface area contributed by atoms with Crippen molar-refractivity contribution >= 4 is 54.4 Å². The molecule has 2 aromatic heterocycles. The predicted octanol–water partition coefficient (Wildman–Crippen LogP) is 14.0. The Labute approximate surface area is 313 Å². The number of benzene rings is 9. The first-order chi connectivity index (χ1) is 26.8. The molecule has 0 fully saturated rings. The van der Waals surface area contributed by atoms with E-state index in [0.29, 0.717) is 0 Å². The lowest BCUT2D eigenvalue weighted by Crippen LogP contribution is -1.99. The number of hydrogen-bond acceptors (Lipinski definition) is 0. The molecule has 0 aliphatic carbocycles. The molecule has 0 amide bonds. The Balaban J connectivity index is 1.15. The van der Waals surface area contributed by atoms with E-state index in [1.54, 1.807) is 0 Å². The second kappa shape index (κ2) is 12.2. The molecule has 9 aromatic carbocycles. The van der Waals surface area contributed by atoms with Gasteiger partial charge in [-0.05, 0) is 75.5 Å². The van der Waals surface area contributed by atoms with E-state index in [9.17, 15) is 0 Å². The van der Waals surface area contributed by atoms with E-state index in [4.69, 9.17) is 0 Å². The van der Waals surface area contributed by atoms with Crippen LogP contribution in [0.15, 0.2) is 206 Å². The summed E-state index contributed by atoms with van der Waals surface area (Å²) in [4.78, 5) is 0. The average molecular weight is 687 g/mol. The minimum atomic E-state index is 1.15. The van der Waals surface area contributed by atoms with Gasteiger partial charge in [-0.3, -0.25) is 0 Å². The number of nitrogens with zero attached hydrogens (tertiary/aromatic N) is 2. The monoisotopic (exact) mass is 686 g/mol. The molecule has 0 saturated carbocycles. The number of fused-ring (bicyclic) bond motifs is 7. The quantitative estimate of drug-likeness (QED) is 0.171. The van der Waals surface area contributed by atoms with Gasteiger partial charge in [0.25, 0.3) is 0 Å². The normalized spacial score (nSPS) is 11.7. The molecule has 11 aromatic rings. The average Bonchev–Trinajstić information content (AvgIpc) is 3.76. The van der Waals surface area contributed by atoms with Gasteiger partial charge in [0.1, 0.15) is 0 Å². The Morgan fingerprint density at radius 1 is 0.278 bits per heavy atom. The second-order valence-electron chi connectivity index (χ2n) is 14.1. The second-order valence-corrected chi connectivity index (χ2v) is 14.1. The predicted molar refractivity (Wildman–Crippen MR) is 229 cm³/mol. The maximum Gasteiger partial charge on any atom is 0.0619 e. The summed E-state index contributed by atoms with van der Waals surface area (Å²) in [6.45, 7) is 0. The first-order valence-electron chi connectivity index (χ1n) is 18.6. The standard InChI is InChI=1S/C52H34N2/c1-2-18-37(19-3-1)53-48-29-11-9-24-43(48)46-28-15-27-45(52(46)53)41-22-7-6-21-40(41)42-23-8-12-30-49(42)54-50-31-13-10-25-44(50)47-34-36(32-33-51(47)54)39-26-14-17-35-16-4-5-20-38(35)39/h1-34H. The summed E-state index contributed by atoms with van der Waals surface area (Å²) in [7, 11) is 0. The Kier molecular flexibility index (Phi) is 6.90. The maximum absolute atomic E-state index is 2.46. The lowest BCUT2D eigenvalue weighted by Gasteiger charge is -2.18. The van der Waals surface area contributed by atoms with Crippen molar-refractivity contribution < 1.29 is 0 Å². The number of rotatable bonds is 5. The molecule has 2 heteroatoms. The molecule has 0 unspecified atom stereocenters. The third-order valence-electron chi connectivity index (χ3n) is 11.1. The minimum absolute atomic E-state index is 1.15. The number of aromatic nitrogens is 2. The zero-order chi connectivity index (χ0) is 35.6. The molecular formula is C52H34N2. The van der Waals surface area contributed by atoms with Gasteiger partial charge in [-0.2, -0.15) is 0 Å². The number of para-hydroxylation sites is 5. The SMILES string of the molecule is c1ccc(-n2c3ccccc3c3cccc(-c4ccccc4-c4ccccc4-n4c5ccccc5c5cc(-c6cccc7ccccc67)ccc54)c32)cc1. The molecule has 0 bridgehead atoms. The van der Waals surface area contributed by atoms with Crippen LogP contribution < -0.4 is 0 Å². The Bertz CT molecular complexity index is 3210. The zero-order valence-corrected chi connectivity index (χ0v) is 29.5. The van der Waals surface area contributed by atoms with E-state index in [-0.39, 0.29) is 0 Å². The van der Waals surface area contributed by atoms with E-state index in [1.807, 2.05) is 0 Å². The van der Waals surface area contributed by atoms with Crippen molar-refractivity contribution in [1.29, 1.82) is 0 Å². The van der Waals surface area contributed by atoms with Crippen LogP contribution in [0.4, 0.5) is 0 Å². The molecule has 0 aliphatic rings. The van der Waals surface area contributed by atoms with Gasteiger partial charge in [0.2, 0.25) is 0 Å². The molecule has 0 radical (unpaired) electrons. The van der Waals surface area contributed by atoms with Gasteiger partial charge in [0.05, 0.1) is 27.8 Å². The summed E-state index contributed by atoms with van der Waals surface area (Å²) < 4.78 is 4.90. The molecule has 0 N–H and O–H groups in total. The summed E-state index contributed by atoms with van der Waals surface area (Å²) in [6, 6.07) is 75.2. The van der Waals surface area contributed by atoms with E-state index < -0.39 is 0 Å². The van der Waals surface area contributed by atoms with Crippen molar-refractivity contribution in [2.75, 3.05) is 0 Å². The van der Waals surface area contributed by atoms with Crippen LogP contribution in [0.3, 0.4) is 0 Å². The van der Waals surface area contributed by atoms with Crippen molar-refractivity contribution in [2.45, 2.75) is 0 Å². The van der Waals surface area contributed by atoms with E-state index in [2.05, 4.69) is 215 Å². The van der Waals surface area contributed by atoms with Gasteiger partial charge < -0.3 is 9.13 Å². The van der Waals surface area contributed by atoms with Gasteiger partial charge in [-0.15, -0.1) is 0 Å². The van der Waals surface area contributed by atoms with Crippen molar-refractivity contribution in [3.05, 3.63) is 206 Å². The maximum atomic E-state index is 2.46. The van der Waals surface area contributed by atoms with Gasteiger partial charge >= 0.3 is 0 Å². The molecule has 0 saturated heterocycles. The lowest BCUT2D eigenvalue weighted by atomic mass is 9.92. The summed E-state index contributed by atoms with van der Waals surface area (Å²) in [6.07, 6.45) is 0. The fourth-order valence-electron chi connectivity index (χ4n) is 8.81. The largest absolute Gasteiger partial charge is 0.309 e. The summed E-state index contributed by atoms with van der Waals surface area (Å²) >= 11 is 0. The van der Waals surface area contributed by atoms with Crippen LogP contribution >= 0.6 is 0 Å². The molecule has 252 valence electrons. The highest BCUT2D eigenvalue weighted by molar-refractivity contribution is 6.15. The highest BCUT2D eigenvalue weighted by Gasteiger charge is 2.21. The third-order valence-corrected chi connectivity index (χ3v) is 11.1. The Morgan fingerprint density at radius 3 is 1.61 bits per heavy atom. The van der Waals surface area contributed by atoms with Crippen LogP contribution in [0, 0.1) is 0 Å². The number of hydrogen-bond donors (Lipinski definition) is 0. The zero-order valence-electron chi connectivity index (χ0n) is 29.5. The van der Waals surface area contributed by atoms with Crippen LogP contribution in [0.2, 0.25) is 0 Å². The summed E-state index contributed by atoms with van der Waals surface area (Å²) in [5.41, 5.74) is 14.4. The minimum Gasteiger partial charge on any atom is -0.309 e. The third kappa shape index (κ3) is 4.60. The van der Waals surface area contributed by atoms with Crippen LogP contribution in [-0.4, -0.2) is 9.13 Å². The van der Waals surface area contributed by atoms with Crippen molar-refractivity contribution in [2.24, 2.45) is 0 Å². The smallest absolute Gasteiger partial charge is 0.0619 e. The first-order valence-corrected chi connectivity index (χ1v) is 18.6. The fourth-order valence-corrected chi connectivity index (χ4v) is 8.81. The van der Waals surface area contributed by atoms with Crippen molar-refractivity contribution in [1.82, 2.24) is 9.13 Å². The molecule has 0 spiro atoms. The van der Waals surface area contributed by atoms with Gasteiger partial charge in [-0.25, -0.2) is 0 Å².